The Bertz CT molecular complexity index is 1670. The lowest BCUT2D eigenvalue weighted by atomic mass is 10.0. The Morgan fingerprint density at radius 2 is 1.43 bits per heavy atom. The number of hydrogen-bond acceptors (Lipinski definition) is 5. The van der Waals surface area contributed by atoms with Gasteiger partial charge in [0.05, 0.1) is 6.21 Å². The highest BCUT2D eigenvalue weighted by Crippen LogP contribution is 2.23. The second-order valence-electron chi connectivity index (χ2n) is 7.84. The molecular formula is C28H20N2O4S. The summed E-state index contributed by atoms with van der Waals surface area (Å²) in [6.07, 6.45) is 1.48. The number of hydrogen-bond donors (Lipinski definition) is 1. The van der Waals surface area contributed by atoms with E-state index in [2.05, 4.69) is 10.5 Å². The summed E-state index contributed by atoms with van der Waals surface area (Å²) in [5, 5.41) is 7.60. The van der Waals surface area contributed by atoms with Gasteiger partial charge in [-0.2, -0.15) is 13.5 Å². The Morgan fingerprint density at radius 3 is 2.23 bits per heavy atom. The van der Waals surface area contributed by atoms with Crippen molar-refractivity contribution in [3.8, 4) is 5.75 Å². The van der Waals surface area contributed by atoms with Crippen molar-refractivity contribution >= 4 is 43.8 Å². The summed E-state index contributed by atoms with van der Waals surface area (Å²) in [7, 11) is -3.99. The molecule has 5 rings (SSSR count). The largest absolute Gasteiger partial charge is 0.379 e. The van der Waals surface area contributed by atoms with Gasteiger partial charge in [-0.25, -0.2) is 5.43 Å². The van der Waals surface area contributed by atoms with Gasteiger partial charge in [-0.3, -0.25) is 4.79 Å². The zero-order valence-electron chi connectivity index (χ0n) is 18.5. The molecule has 0 saturated carbocycles. The first-order valence-corrected chi connectivity index (χ1v) is 12.2. The van der Waals surface area contributed by atoms with Gasteiger partial charge in [-0.05, 0) is 69.6 Å². The van der Waals surface area contributed by atoms with Gasteiger partial charge in [0.2, 0.25) is 0 Å². The third kappa shape index (κ3) is 4.90. The van der Waals surface area contributed by atoms with Crippen LogP contribution in [-0.2, 0) is 10.1 Å². The van der Waals surface area contributed by atoms with Crippen molar-refractivity contribution in [1.29, 1.82) is 0 Å². The van der Waals surface area contributed by atoms with E-state index in [1.807, 2.05) is 60.7 Å². The Labute approximate surface area is 202 Å². The molecule has 172 valence electrons. The second-order valence-corrected chi connectivity index (χ2v) is 9.39. The molecule has 5 aromatic carbocycles. The lowest BCUT2D eigenvalue weighted by molar-refractivity contribution is 0.0956. The SMILES string of the molecule is O=C(NN=Cc1ccc(OS(=O)(=O)c2ccc3ccccc3c2)cc1)c1cccc2ccccc12. The number of carbonyl (C=O) groups is 1. The fourth-order valence-corrected chi connectivity index (χ4v) is 4.72. The van der Waals surface area contributed by atoms with E-state index in [1.54, 1.807) is 30.3 Å². The van der Waals surface area contributed by atoms with Crippen LogP contribution in [0.5, 0.6) is 5.75 Å². The van der Waals surface area contributed by atoms with Gasteiger partial charge in [-0.1, -0.05) is 66.7 Å². The minimum atomic E-state index is -3.99. The van der Waals surface area contributed by atoms with E-state index >= 15 is 0 Å². The van der Waals surface area contributed by atoms with Gasteiger partial charge in [0.25, 0.3) is 5.91 Å². The minimum Gasteiger partial charge on any atom is -0.379 e. The third-order valence-electron chi connectivity index (χ3n) is 5.51. The highest BCUT2D eigenvalue weighted by atomic mass is 32.2. The molecule has 1 amide bonds. The fraction of sp³-hybridized carbons (Fsp3) is 0. The van der Waals surface area contributed by atoms with Crippen LogP contribution in [-0.4, -0.2) is 20.5 Å². The monoisotopic (exact) mass is 480 g/mol. The molecule has 0 saturated heterocycles. The molecular weight excluding hydrogens is 460 g/mol. The van der Waals surface area contributed by atoms with Crippen LogP contribution >= 0.6 is 0 Å². The van der Waals surface area contributed by atoms with Crippen LogP contribution in [0.1, 0.15) is 15.9 Å². The van der Waals surface area contributed by atoms with Crippen LogP contribution in [0.25, 0.3) is 21.5 Å². The first-order valence-electron chi connectivity index (χ1n) is 10.8. The fourth-order valence-electron chi connectivity index (χ4n) is 3.76. The van der Waals surface area contributed by atoms with Crippen molar-refractivity contribution in [3.05, 3.63) is 120 Å². The molecule has 0 heterocycles. The van der Waals surface area contributed by atoms with Crippen LogP contribution in [0, 0.1) is 0 Å². The molecule has 0 unspecified atom stereocenters. The van der Waals surface area contributed by atoms with Crippen LogP contribution in [0.2, 0.25) is 0 Å². The summed E-state index contributed by atoms with van der Waals surface area (Å²) < 4.78 is 30.7. The lowest BCUT2D eigenvalue weighted by Gasteiger charge is -2.08. The molecule has 7 heteroatoms. The second kappa shape index (κ2) is 9.40. The molecule has 0 aromatic heterocycles. The minimum absolute atomic E-state index is 0.0815. The standard InChI is InChI=1S/C28H20N2O4S/c31-28(27-11-5-9-22-7-3-4-10-26(22)27)30-29-19-20-12-15-24(16-13-20)34-35(32,33)25-17-14-21-6-1-2-8-23(21)18-25/h1-19H,(H,30,31). The van der Waals surface area contributed by atoms with E-state index in [0.717, 1.165) is 21.5 Å². The number of hydrazone groups is 1. The lowest BCUT2D eigenvalue weighted by Crippen LogP contribution is -2.17. The third-order valence-corrected chi connectivity index (χ3v) is 6.75. The van der Waals surface area contributed by atoms with Crippen molar-refractivity contribution in [2.75, 3.05) is 0 Å². The van der Waals surface area contributed by atoms with Crippen LogP contribution in [0.4, 0.5) is 0 Å². The number of nitrogens with one attached hydrogen (secondary N) is 1. The summed E-state index contributed by atoms with van der Waals surface area (Å²) in [5.41, 5.74) is 3.73. The number of carbonyl (C=O) groups excluding carboxylic acids is 1. The van der Waals surface area contributed by atoms with E-state index in [9.17, 15) is 13.2 Å². The van der Waals surface area contributed by atoms with Gasteiger partial charge < -0.3 is 4.18 Å². The smallest absolute Gasteiger partial charge is 0.339 e. The summed E-state index contributed by atoms with van der Waals surface area (Å²) in [6.45, 7) is 0. The number of amides is 1. The maximum absolute atomic E-state index is 12.7. The number of benzene rings is 5. The Hall–Kier alpha value is -4.49. The molecule has 0 aliphatic carbocycles. The number of nitrogens with zero attached hydrogens (tertiary/aromatic N) is 1. The van der Waals surface area contributed by atoms with Crippen LogP contribution < -0.4 is 9.61 Å². The van der Waals surface area contributed by atoms with E-state index in [4.69, 9.17) is 4.18 Å². The van der Waals surface area contributed by atoms with Crippen molar-refractivity contribution in [3.63, 3.8) is 0 Å². The highest BCUT2D eigenvalue weighted by Gasteiger charge is 2.17. The Morgan fingerprint density at radius 1 is 0.743 bits per heavy atom. The molecule has 0 bridgehead atoms. The number of rotatable bonds is 6. The number of fused-ring (bicyclic) bond motifs is 2. The zero-order valence-corrected chi connectivity index (χ0v) is 19.3. The Balaban J connectivity index is 1.25. The first-order chi connectivity index (χ1) is 17.0. The molecule has 1 N–H and O–H groups in total. The van der Waals surface area contributed by atoms with Crippen molar-refractivity contribution in [2.45, 2.75) is 4.90 Å². The predicted octanol–water partition coefficient (Wildman–Crippen LogP) is 5.52. The van der Waals surface area contributed by atoms with E-state index < -0.39 is 10.1 Å². The molecule has 35 heavy (non-hydrogen) atoms. The van der Waals surface area contributed by atoms with Crippen LogP contribution in [0.15, 0.2) is 119 Å². The molecule has 0 atom stereocenters. The quantitative estimate of drug-likeness (QED) is 0.197. The molecule has 0 radical (unpaired) electrons. The van der Waals surface area contributed by atoms with Gasteiger partial charge in [0.15, 0.2) is 0 Å². The molecule has 0 fully saturated rings. The van der Waals surface area contributed by atoms with Gasteiger partial charge >= 0.3 is 10.1 Å². The van der Waals surface area contributed by atoms with E-state index in [-0.39, 0.29) is 16.6 Å². The molecule has 0 spiro atoms. The zero-order chi connectivity index (χ0) is 24.3. The molecule has 0 aliphatic heterocycles. The molecule has 6 nitrogen and oxygen atoms in total. The van der Waals surface area contributed by atoms with E-state index in [1.165, 1.54) is 24.4 Å². The maximum atomic E-state index is 12.7. The van der Waals surface area contributed by atoms with Gasteiger partial charge in [0.1, 0.15) is 10.6 Å². The summed E-state index contributed by atoms with van der Waals surface area (Å²) in [6, 6.07) is 31.9. The van der Waals surface area contributed by atoms with Crippen molar-refractivity contribution in [2.24, 2.45) is 5.10 Å². The Kier molecular flexibility index (Phi) is 5.99. The van der Waals surface area contributed by atoms with E-state index in [0.29, 0.717) is 11.1 Å². The van der Waals surface area contributed by atoms with Gasteiger partial charge in [-0.15, -0.1) is 0 Å². The normalized spacial score (nSPS) is 11.7. The first kappa shape index (κ1) is 22.3. The topological polar surface area (TPSA) is 84.8 Å². The average Bonchev–Trinajstić information content (AvgIpc) is 2.89. The highest BCUT2D eigenvalue weighted by molar-refractivity contribution is 7.87. The van der Waals surface area contributed by atoms with Crippen molar-refractivity contribution in [1.82, 2.24) is 5.43 Å². The average molecular weight is 481 g/mol. The summed E-state index contributed by atoms with van der Waals surface area (Å²) in [5.74, 6) is -0.144. The van der Waals surface area contributed by atoms with Crippen molar-refractivity contribution < 1.29 is 17.4 Å². The molecule has 0 aliphatic rings. The summed E-state index contributed by atoms with van der Waals surface area (Å²) >= 11 is 0. The van der Waals surface area contributed by atoms with Gasteiger partial charge in [0, 0.05) is 5.56 Å². The predicted molar refractivity (Wildman–Crippen MR) is 137 cm³/mol. The van der Waals surface area contributed by atoms with Crippen LogP contribution in [0.3, 0.4) is 0 Å². The maximum Gasteiger partial charge on any atom is 0.339 e. The molecule has 5 aromatic rings. The summed E-state index contributed by atoms with van der Waals surface area (Å²) in [4.78, 5) is 12.6.